The number of aryl methyl sites for hydroxylation is 1. The third-order valence-corrected chi connectivity index (χ3v) is 3.21. The molecule has 0 radical (unpaired) electrons. The monoisotopic (exact) mass is 265 g/mol. The molecular weight excluding hydrogens is 250 g/mol. The standard InChI is InChI=1S/C16H15N3O/c1-11-10-13(20-2)8-9-14(11)16-17-15(18-19-16)12-6-4-3-5-7-12/h3-10H,1-2H3,(H,17,18,19). The molecule has 0 saturated heterocycles. The molecule has 0 spiro atoms. The Morgan fingerprint density at radius 3 is 2.55 bits per heavy atom. The van der Waals surface area contributed by atoms with Gasteiger partial charge in [-0.2, -0.15) is 5.10 Å². The number of methoxy groups -OCH3 is 1. The summed E-state index contributed by atoms with van der Waals surface area (Å²) < 4.78 is 5.21. The first-order valence-electron chi connectivity index (χ1n) is 6.41. The number of hydrogen-bond acceptors (Lipinski definition) is 3. The minimum Gasteiger partial charge on any atom is -0.497 e. The smallest absolute Gasteiger partial charge is 0.181 e. The molecule has 3 aromatic rings. The molecule has 0 atom stereocenters. The third kappa shape index (κ3) is 2.28. The number of benzene rings is 2. The van der Waals surface area contributed by atoms with Gasteiger partial charge in [0.2, 0.25) is 0 Å². The van der Waals surface area contributed by atoms with Crippen LogP contribution in [0.25, 0.3) is 22.8 Å². The van der Waals surface area contributed by atoms with Crippen LogP contribution >= 0.6 is 0 Å². The summed E-state index contributed by atoms with van der Waals surface area (Å²) in [4.78, 5) is 4.56. The second-order valence-electron chi connectivity index (χ2n) is 4.55. The maximum atomic E-state index is 5.21. The molecule has 0 saturated carbocycles. The van der Waals surface area contributed by atoms with E-state index in [-0.39, 0.29) is 0 Å². The lowest BCUT2D eigenvalue weighted by atomic mass is 10.1. The van der Waals surface area contributed by atoms with Crippen LogP contribution in [0.15, 0.2) is 48.5 Å². The van der Waals surface area contributed by atoms with Crippen LogP contribution in [0.4, 0.5) is 0 Å². The van der Waals surface area contributed by atoms with E-state index in [1.807, 2.05) is 55.5 Å². The number of aromatic nitrogens is 3. The Morgan fingerprint density at radius 1 is 1.05 bits per heavy atom. The molecule has 0 aliphatic heterocycles. The van der Waals surface area contributed by atoms with Gasteiger partial charge < -0.3 is 4.74 Å². The molecule has 1 aromatic heterocycles. The van der Waals surface area contributed by atoms with Crippen LogP contribution in [0.1, 0.15) is 5.56 Å². The van der Waals surface area contributed by atoms with Gasteiger partial charge in [0.25, 0.3) is 0 Å². The summed E-state index contributed by atoms with van der Waals surface area (Å²) in [5, 5.41) is 7.28. The molecule has 20 heavy (non-hydrogen) atoms. The molecule has 4 nitrogen and oxygen atoms in total. The number of hydrogen-bond donors (Lipinski definition) is 1. The normalized spacial score (nSPS) is 10.5. The lowest BCUT2D eigenvalue weighted by Gasteiger charge is -2.04. The molecule has 0 amide bonds. The van der Waals surface area contributed by atoms with Crippen molar-refractivity contribution in [3.05, 3.63) is 54.1 Å². The molecule has 1 N–H and O–H groups in total. The fourth-order valence-electron chi connectivity index (χ4n) is 2.13. The first-order chi connectivity index (χ1) is 9.78. The largest absolute Gasteiger partial charge is 0.497 e. The van der Waals surface area contributed by atoms with Crippen LogP contribution in [-0.2, 0) is 0 Å². The second kappa shape index (κ2) is 5.17. The van der Waals surface area contributed by atoms with Crippen molar-refractivity contribution < 1.29 is 4.74 Å². The number of nitrogens with one attached hydrogen (secondary N) is 1. The van der Waals surface area contributed by atoms with Gasteiger partial charge in [0.1, 0.15) is 5.75 Å². The molecule has 4 heteroatoms. The Morgan fingerprint density at radius 2 is 1.85 bits per heavy atom. The highest BCUT2D eigenvalue weighted by molar-refractivity contribution is 5.64. The van der Waals surface area contributed by atoms with E-state index in [9.17, 15) is 0 Å². The molecule has 3 rings (SSSR count). The highest BCUT2D eigenvalue weighted by Crippen LogP contribution is 2.25. The topological polar surface area (TPSA) is 50.8 Å². The van der Waals surface area contributed by atoms with Crippen LogP contribution < -0.4 is 4.74 Å². The maximum absolute atomic E-state index is 5.21. The highest BCUT2D eigenvalue weighted by Gasteiger charge is 2.10. The van der Waals surface area contributed by atoms with E-state index in [0.29, 0.717) is 5.82 Å². The van der Waals surface area contributed by atoms with Crippen LogP contribution in [0.2, 0.25) is 0 Å². The van der Waals surface area contributed by atoms with Gasteiger partial charge in [-0.1, -0.05) is 30.3 Å². The average molecular weight is 265 g/mol. The van der Waals surface area contributed by atoms with E-state index in [1.165, 1.54) is 0 Å². The lowest BCUT2D eigenvalue weighted by molar-refractivity contribution is 0.414. The molecule has 0 aliphatic carbocycles. The Kier molecular flexibility index (Phi) is 3.21. The zero-order valence-electron chi connectivity index (χ0n) is 11.4. The van der Waals surface area contributed by atoms with Gasteiger partial charge in [0.05, 0.1) is 7.11 Å². The molecule has 0 unspecified atom stereocenters. The van der Waals surface area contributed by atoms with E-state index in [2.05, 4.69) is 15.2 Å². The SMILES string of the molecule is COc1ccc(-c2nc(-c3ccccc3)n[nH]2)c(C)c1. The van der Waals surface area contributed by atoms with Crippen molar-refractivity contribution >= 4 is 0 Å². The van der Waals surface area contributed by atoms with Crippen molar-refractivity contribution in [3.63, 3.8) is 0 Å². The summed E-state index contributed by atoms with van der Waals surface area (Å²) in [5.41, 5.74) is 3.13. The molecule has 2 aromatic carbocycles. The summed E-state index contributed by atoms with van der Waals surface area (Å²) in [5.74, 6) is 2.31. The Hall–Kier alpha value is -2.62. The van der Waals surface area contributed by atoms with Crippen LogP contribution in [-0.4, -0.2) is 22.3 Å². The fraction of sp³-hybridized carbons (Fsp3) is 0.125. The van der Waals surface area contributed by atoms with Gasteiger partial charge in [0.15, 0.2) is 11.6 Å². The van der Waals surface area contributed by atoms with Crippen molar-refractivity contribution in [3.8, 4) is 28.5 Å². The third-order valence-electron chi connectivity index (χ3n) is 3.21. The van der Waals surface area contributed by atoms with Gasteiger partial charge in [-0.25, -0.2) is 4.98 Å². The molecule has 100 valence electrons. The second-order valence-corrected chi connectivity index (χ2v) is 4.55. The van der Waals surface area contributed by atoms with E-state index in [0.717, 1.165) is 28.3 Å². The maximum Gasteiger partial charge on any atom is 0.181 e. The summed E-state index contributed by atoms with van der Waals surface area (Å²) in [6.07, 6.45) is 0. The lowest BCUT2D eigenvalue weighted by Crippen LogP contribution is -1.88. The molecular formula is C16H15N3O. The van der Waals surface area contributed by atoms with Crippen molar-refractivity contribution in [1.29, 1.82) is 0 Å². The Balaban J connectivity index is 1.98. The summed E-state index contributed by atoms with van der Waals surface area (Å²) in [6, 6.07) is 15.8. The van der Waals surface area contributed by atoms with Crippen molar-refractivity contribution in [1.82, 2.24) is 15.2 Å². The van der Waals surface area contributed by atoms with Gasteiger partial charge in [-0.05, 0) is 30.7 Å². The van der Waals surface area contributed by atoms with Crippen LogP contribution in [0, 0.1) is 6.92 Å². The predicted molar refractivity (Wildman–Crippen MR) is 78.5 cm³/mol. The Bertz CT molecular complexity index is 720. The first kappa shape index (κ1) is 12.4. The number of rotatable bonds is 3. The average Bonchev–Trinajstić information content (AvgIpc) is 2.97. The molecule has 0 bridgehead atoms. The van der Waals surface area contributed by atoms with Crippen molar-refractivity contribution in [2.75, 3.05) is 7.11 Å². The zero-order chi connectivity index (χ0) is 13.9. The number of H-pyrrole nitrogens is 1. The number of nitrogens with zero attached hydrogens (tertiary/aromatic N) is 2. The summed E-state index contributed by atoms with van der Waals surface area (Å²) in [6.45, 7) is 2.03. The van der Waals surface area contributed by atoms with Crippen LogP contribution in [0.5, 0.6) is 5.75 Å². The number of ether oxygens (including phenoxy) is 1. The number of aromatic amines is 1. The minimum atomic E-state index is 0.704. The predicted octanol–water partition coefficient (Wildman–Crippen LogP) is 3.46. The Labute approximate surface area is 117 Å². The van der Waals surface area contributed by atoms with E-state index >= 15 is 0 Å². The van der Waals surface area contributed by atoms with E-state index < -0.39 is 0 Å². The molecule has 1 heterocycles. The highest BCUT2D eigenvalue weighted by atomic mass is 16.5. The van der Waals surface area contributed by atoms with Gasteiger partial charge in [-0.15, -0.1) is 0 Å². The summed E-state index contributed by atoms with van der Waals surface area (Å²) >= 11 is 0. The van der Waals surface area contributed by atoms with Gasteiger partial charge in [-0.3, -0.25) is 5.10 Å². The van der Waals surface area contributed by atoms with Crippen molar-refractivity contribution in [2.24, 2.45) is 0 Å². The molecule has 0 fully saturated rings. The first-order valence-corrected chi connectivity index (χ1v) is 6.41. The van der Waals surface area contributed by atoms with E-state index in [4.69, 9.17) is 4.74 Å². The van der Waals surface area contributed by atoms with Gasteiger partial charge >= 0.3 is 0 Å². The summed E-state index contributed by atoms with van der Waals surface area (Å²) in [7, 11) is 1.66. The zero-order valence-corrected chi connectivity index (χ0v) is 11.4. The van der Waals surface area contributed by atoms with Crippen LogP contribution in [0.3, 0.4) is 0 Å². The minimum absolute atomic E-state index is 0.704. The van der Waals surface area contributed by atoms with Crippen molar-refractivity contribution in [2.45, 2.75) is 6.92 Å². The fourth-order valence-corrected chi connectivity index (χ4v) is 2.13. The quantitative estimate of drug-likeness (QED) is 0.789. The van der Waals surface area contributed by atoms with Gasteiger partial charge in [0, 0.05) is 11.1 Å². The van der Waals surface area contributed by atoms with E-state index in [1.54, 1.807) is 7.11 Å². The molecule has 0 aliphatic rings.